The molecular weight excluding hydrogens is 553 g/mol. The fraction of sp³-hybridized carbons (Fsp3) is 0.175. The lowest BCUT2D eigenvalue weighted by molar-refractivity contribution is 0.00578. The Morgan fingerprint density at radius 3 is 1.87 bits per heavy atom. The summed E-state index contributed by atoms with van der Waals surface area (Å²) in [6, 6.07) is 41.2. The molecule has 1 spiro atoms. The Morgan fingerprint density at radius 2 is 1.16 bits per heavy atom. The van der Waals surface area contributed by atoms with E-state index in [0.29, 0.717) is 0 Å². The second-order valence-corrected chi connectivity index (χ2v) is 13.4. The summed E-state index contributed by atoms with van der Waals surface area (Å²) < 4.78 is 19.9. The number of hydrogen-bond donors (Lipinski definition) is 0. The number of rotatable bonds is 2. The fourth-order valence-electron chi connectivity index (χ4n) is 7.56. The Bertz CT molecular complexity index is 2120. The maximum absolute atomic E-state index is 6.94. The van der Waals surface area contributed by atoms with Gasteiger partial charge in [-0.3, -0.25) is 4.98 Å². The van der Waals surface area contributed by atoms with E-state index >= 15 is 0 Å². The molecule has 6 aromatic rings. The Hall–Kier alpha value is -4.71. The maximum atomic E-state index is 6.94. The molecule has 1 fully saturated rings. The third-order valence-corrected chi connectivity index (χ3v) is 10.4. The average Bonchev–Trinajstić information content (AvgIpc) is 3.47. The SMILES string of the molecule is CC1(C)OB(c2ccc3c(c2)Oc2cc(-c4cccc5cccnc45)ccc2C32c3ccccc3-c3ccccc32)OC1(C)C. The quantitative estimate of drug-likeness (QED) is 0.190. The first-order valence-corrected chi connectivity index (χ1v) is 15.6. The van der Waals surface area contributed by atoms with E-state index in [1.54, 1.807) is 0 Å². The van der Waals surface area contributed by atoms with Gasteiger partial charge in [-0.2, -0.15) is 0 Å². The Labute approximate surface area is 263 Å². The highest BCUT2D eigenvalue weighted by molar-refractivity contribution is 6.62. The number of fused-ring (bicyclic) bond motifs is 10. The molecule has 5 heteroatoms. The molecule has 0 N–H and O–H groups in total. The standard InChI is InChI=1S/C40H32BNO3/c1-38(2)39(3,4)45-41(44-38)27-19-21-34-36(24-27)43-35-23-26(28-15-9-11-25-12-10-22-42-37(25)28)18-20-33(35)40(34)31-16-7-5-13-29(31)30-14-6-8-17-32(30)40/h5-24H,1-4H3. The highest BCUT2D eigenvalue weighted by Crippen LogP contribution is 2.62. The fourth-order valence-corrected chi connectivity index (χ4v) is 7.56. The molecule has 1 saturated heterocycles. The second-order valence-electron chi connectivity index (χ2n) is 13.4. The molecule has 3 heterocycles. The van der Waals surface area contributed by atoms with Crippen molar-refractivity contribution in [1.82, 2.24) is 4.98 Å². The van der Waals surface area contributed by atoms with Gasteiger partial charge in [-0.15, -0.1) is 0 Å². The van der Waals surface area contributed by atoms with Crippen LogP contribution in [-0.4, -0.2) is 23.3 Å². The van der Waals surface area contributed by atoms with Crippen LogP contribution in [0.1, 0.15) is 49.9 Å². The van der Waals surface area contributed by atoms with Crippen molar-refractivity contribution >= 4 is 23.5 Å². The summed E-state index contributed by atoms with van der Waals surface area (Å²) in [5, 5.41) is 1.11. The summed E-state index contributed by atoms with van der Waals surface area (Å²) >= 11 is 0. The molecule has 0 amide bonds. The number of benzene rings is 5. The van der Waals surface area contributed by atoms with Crippen molar-refractivity contribution in [2.45, 2.75) is 44.3 Å². The van der Waals surface area contributed by atoms with Crippen LogP contribution in [0.3, 0.4) is 0 Å². The van der Waals surface area contributed by atoms with Gasteiger partial charge in [0.05, 0.1) is 22.1 Å². The van der Waals surface area contributed by atoms with Gasteiger partial charge in [-0.05, 0) is 79.2 Å². The zero-order valence-corrected chi connectivity index (χ0v) is 25.8. The minimum absolute atomic E-state index is 0.438. The first-order chi connectivity index (χ1) is 21.8. The van der Waals surface area contributed by atoms with Crippen LogP contribution < -0.4 is 10.2 Å². The van der Waals surface area contributed by atoms with Crippen molar-refractivity contribution in [3.8, 4) is 33.8 Å². The first-order valence-electron chi connectivity index (χ1n) is 15.6. The van der Waals surface area contributed by atoms with Crippen LogP contribution in [0.2, 0.25) is 0 Å². The summed E-state index contributed by atoms with van der Waals surface area (Å²) in [6.45, 7) is 8.35. The van der Waals surface area contributed by atoms with E-state index in [9.17, 15) is 0 Å². The molecule has 218 valence electrons. The number of nitrogens with zero attached hydrogens (tertiary/aromatic N) is 1. The van der Waals surface area contributed by atoms with Gasteiger partial charge in [-0.25, -0.2) is 0 Å². The maximum Gasteiger partial charge on any atom is 0.494 e. The summed E-state index contributed by atoms with van der Waals surface area (Å²) in [7, 11) is -0.488. The molecule has 5 aromatic carbocycles. The predicted molar refractivity (Wildman–Crippen MR) is 180 cm³/mol. The molecule has 9 rings (SSSR count). The zero-order chi connectivity index (χ0) is 30.6. The lowest BCUT2D eigenvalue weighted by atomic mass is 9.65. The minimum Gasteiger partial charge on any atom is -0.457 e. The molecule has 0 atom stereocenters. The van der Waals surface area contributed by atoms with E-state index in [-0.39, 0.29) is 0 Å². The minimum atomic E-state index is -0.542. The normalized spacial score (nSPS) is 17.8. The Kier molecular flexibility index (Phi) is 5.43. The van der Waals surface area contributed by atoms with Crippen LogP contribution in [-0.2, 0) is 14.7 Å². The van der Waals surface area contributed by atoms with E-state index in [1.807, 2.05) is 12.3 Å². The van der Waals surface area contributed by atoms with Crippen LogP contribution in [0, 0.1) is 0 Å². The topological polar surface area (TPSA) is 40.6 Å². The van der Waals surface area contributed by atoms with Crippen molar-refractivity contribution < 1.29 is 14.0 Å². The lowest BCUT2D eigenvalue weighted by Crippen LogP contribution is -2.41. The molecule has 0 unspecified atom stereocenters. The van der Waals surface area contributed by atoms with Crippen molar-refractivity contribution in [3.05, 3.63) is 144 Å². The summed E-state index contributed by atoms with van der Waals surface area (Å²) in [4.78, 5) is 4.75. The van der Waals surface area contributed by atoms with Crippen LogP contribution in [0.4, 0.5) is 0 Å². The highest BCUT2D eigenvalue weighted by Gasteiger charge is 2.54. The highest BCUT2D eigenvalue weighted by atomic mass is 16.7. The van der Waals surface area contributed by atoms with Crippen molar-refractivity contribution in [3.63, 3.8) is 0 Å². The average molecular weight is 586 g/mol. The van der Waals surface area contributed by atoms with Crippen molar-refractivity contribution in [1.29, 1.82) is 0 Å². The third-order valence-electron chi connectivity index (χ3n) is 10.4. The molecular formula is C40H32BNO3. The van der Waals surface area contributed by atoms with E-state index in [4.69, 9.17) is 19.0 Å². The van der Waals surface area contributed by atoms with E-state index in [0.717, 1.165) is 50.1 Å². The van der Waals surface area contributed by atoms with E-state index < -0.39 is 23.7 Å². The molecule has 1 aromatic heterocycles. The number of pyridine rings is 1. The first kappa shape index (κ1) is 26.7. The summed E-state index contributed by atoms with van der Waals surface area (Å²) in [6.07, 6.45) is 1.86. The molecule has 1 aliphatic carbocycles. The number of aromatic nitrogens is 1. The van der Waals surface area contributed by atoms with Gasteiger partial charge in [0.1, 0.15) is 11.5 Å². The largest absolute Gasteiger partial charge is 0.494 e. The van der Waals surface area contributed by atoms with Gasteiger partial charge in [0.25, 0.3) is 0 Å². The lowest BCUT2D eigenvalue weighted by Gasteiger charge is -2.39. The van der Waals surface area contributed by atoms with Gasteiger partial charge < -0.3 is 14.0 Å². The molecule has 3 aliphatic rings. The predicted octanol–water partition coefficient (Wildman–Crippen LogP) is 8.67. The van der Waals surface area contributed by atoms with Gasteiger partial charge in [0.15, 0.2) is 0 Å². The van der Waals surface area contributed by atoms with Gasteiger partial charge >= 0.3 is 7.12 Å². The van der Waals surface area contributed by atoms with Crippen LogP contribution in [0.5, 0.6) is 11.5 Å². The molecule has 0 bridgehead atoms. The molecule has 45 heavy (non-hydrogen) atoms. The second kappa shape index (κ2) is 9.16. The van der Waals surface area contributed by atoms with Gasteiger partial charge in [0.2, 0.25) is 0 Å². The molecule has 0 radical (unpaired) electrons. The molecule has 0 saturated carbocycles. The Morgan fingerprint density at radius 1 is 0.556 bits per heavy atom. The van der Waals surface area contributed by atoms with Crippen LogP contribution >= 0.6 is 0 Å². The van der Waals surface area contributed by atoms with Crippen molar-refractivity contribution in [2.24, 2.45) is 0 Å². The zero-order valence-electron chi connectivity index (χ0n) is 25.8. The van der Waals surface area contributed by atoms with Gasteiger partial charge in [0, 0.05) is 28.3 Å². The van der Waals surface area contributed by atoms with E-state index in [2.05, 4.69) is 137 Å². The summed E-state index contributed by atoms with van der Waals surface area (Å²) in [5.74, 6) is 1.65. The van der Waals surface area contributed by atoms with Crippen LogP contribution in [0.15, 0.2) is 121 Å². The monoisotopic (exact) mass is 585 g/mol. The van der Waals surface area contributed by atoms with Crippen LogP contribution in [0.25, 0.3) is 33.2 Å². The van der Waals surface area contributed by atoms with E-state index in [1.165, 1.54) is 22.3 Å². The Balaban J connectivity index is 1.30. The van der Waals surface area contributed by atoms with Crippen molar-refractivity contribution in [2.75, 3.05) is 0 Å². The number of para-hydroxylation sites is 1. The number of hydrogen-bond acceptors (Lipinski definition) is 4. The molecule has 4 nitrogen and oxygen atoms in total. The smallest absolute Gasteiger partial charge is 0.457 e. The van der Waals surface area contributed by atoms with Gasteiger partial charge in [-0.1, -0.05) is 97.1 Å². The third kappa shape index (κ3) is 3.60. The molecule has 2 aliphatic heterocycles. The number of ether oxygens (including phenoxy) is 1. The summed E-state index contributed by atoms with van der Waals surface area (Å²) in [5.41, 5.74) is 9.94.